The maximum absolute atomic E-state index is 13.9. The predicted molar refractivity (Wildman–Crippen MR) is 86.3 cm³/mol. The first-order valence-corrected chi connectivity index (χ1v) is 8.40. The maximum atomic E-state index is 13.9. The number of aryl methyl sites for hydroxylation is 1. The highest BCUT2D eigenvalue weighted by atomic mass is 32.2. The van der Waals surface area contributed by atoms with Crippen molar-refractivity contribution in [2.75, 3.05) is 11.8 Å². The number of anilines is 1. The van der Waals surface area contributed by atoms with Gasteiger partial charge >= 0.3 is 5.97 Å². The van der Waals surface area contributed by atoms with E-state index in [9.17, 15) is 32.1 Å². The Hall–Kier alpha value is -3.08. The van der Waals surface area contributed by atoms with Crippen LogP contribution in [0.15, 0.2) is 35.2 Å². The SMILES string of the molecule is COC(=O)c1cc(NS(=O)(=O)c2ccc(C)c([N+](=O)[O-])c2)c(F)cc1F. The molecule has 0 unspecified atom stereocenters. The zero-order chi connectivity index (χ0) is 19.6. The molecule has 26 heavy (non-hydrogen) atoms. The Morgan fingerprint density at radius 1 is 1.19 bits per heavy atom. The Bertz CT molecular complexity index is 1010. The minimum absolute atomic E-state index is 0.231. The second-order valence-electron chi connectivity index (χ2n) is 5.11. The van der Waals surface area contributed by atoms with Gasteiger partial charge in [-0.1, -0.05) is 6.07 Å². The fourth-order valence-corrected chi connectivity index (χ4v) is 3.13. The van der Waals surface area contributed by atoms with E-state index >= 15 is 0 Å². The van der Waals surface area contributed by atoms with Crippen LogP contribution in [0.25, 0.3) is 0 Å². The summed E-state index contributed by atoms with van der Waals surface area (Å²) in [5.41, 5.74) is -1.60. The van der Waals surface area contributed by atoms with Gasteiger partial charge in [-0.05, 0) is 19.1 Å². The van der Waals surface area contributed by atoms with E-state index in [4.69, 9.17) is 0 Å². The molecule has 2 aromatic rings. The van der Waals surface area contributed by atoms with Gasteiger partial charge in [-0.25, -0.2) is 22.0 Å². The first-order chi connectivity index (χ1) is 12.1. The Labute approximate surface area is 146 Å². The number of hydrogen-bond donors (Lipinski definition) is 1. The highest BCUT2D eigenvalue weighted by molar-refractivity contribution is 7.92. The van der Waals surface area contributed by atoms with Crippen LogP contribution in [0.5, 0.6) is 0 Å². The van der Waals surface area contributed by atoms with Gasteiger partial charge in [0.1, 0.15) is 11.6 Å². The second kappa shape index (κ2) is 7.04. The van der Waals surface area contributed by atoms with E-state index in [-0.39, 0.29) is 5.56 Å². The molecule has 0 saturated carbocycles. The lowest BCUT2D eigenvalue weighted by Crippen LogP contribution is -2.16. The van der Waals surface area contributed by atoms with E-state index in [0.717, 1.165) is 19.2 Å². The molecule has 1 N–H and O–H groups in total. The van der Waals surface area contributed by atoms with Gasteiger partial charge in [-0.15, -0.1) is 0 Å². The molecule has 0 amide bonds. The lowest BCUT2D eigenvalue weighted by Gasteiger charge is -2.11. The number of carbonyl (C=O) groups is 1. The summed E-state index contributed by atoms with van der Waals surface area (Å²) in [7, 11) is -3.47. The third-order valence-electron chi connectivity index (χ3n) is 3.39. The summed E-state index contributed by atoms with van der Waals surface area (Å²) in [6.45, 7) is 1.42. The third-order valence-corrected chi connectivity index (χ3v) is 4.76. The van der Waals surface area contributed by atoms with Crippen LogP contribution in [-0.4, -0.2) is 26.4 Å². The molecule has 0 aliphatic heterocycles. The van der Waals surface area contributed by atoms with Crippen LogP contribution in [0.4, 0.5) is 20.2 Å². The standard InChI is InChI=1S/C15H12F2N2O6S/c1-8-3-4-9(5-14(8)19(21)22)26(23,24)18-13-6-10(15(20)25-2)11(16)7-12(13)17/h3-7,18H,1-2H3. The number of carbonyl (C=O) groups excluding carboxylic acids is 1. The quantitative estimate of drug-likeness (QED) is 0.480. The zero-order valence-electron chi connectivity index (χ0n) is 13.4. The molecule has 0 saturated heterocycles. The molecule has 8 nitrogen and oxygen atoms in total. The molecular weight excluding hydrogens is 374 g/mol. The number of methoxy groups -OCH3 is 1. The Balaban J connectivity index is 2.49. The molecule has 2 rings (SSSR count). The number of hydrogen-bond acceptors (Lipinski definition) is 6. The van der Waals surface area contributed by atoms with Crippen LogP contribution in [0.2, 0.25) is 0 Å². The largest absolute Gasteiger partial charge is 0.465 e. The van der Waals surface area contributed by atoms with Gasteiger partial charge in [0.05, 0.1) is 28.2 Å². The maximum Gasteiger partial charge on any atom is 0.340 e. The number of nitrogens with one attached hydrogen (secondary N) is 1. The summed E-state index contributed by atoms with van der Waals surface area (Å²) in [4.78, 5) is 21.1. The fourth-order valence-electron chi connectivity index (χ4n) is 2.05. The zero-order valence-corrected chi connectivity index (χ0v) is 14.3. The van der Waals surface area contributed by atoms with Gasteiger partial charge in [0.25, 0.3) is 15.7 Å². The summed E-state index contributed by atoms with van der Waals surface area (Å²) in [5.74, 6) is -3.64. The van der Waals surface area contributed by atoms with Crippen LogP contribution in [0.1, 0.15) is 15.9 Å². The monoisotopic (exact) mass is 386 g/mol. The minimum atomic E-state index is -4.44. The molecule has 0 aliphatic rings. The molecule has 11 heteroatoms. The molecule has 0 atom stereocenters. The number of sulfonamides is 1. The van der Waals surface area contributed by atoms with E-state index in [0.29, 0.717) is 12.1 Å². The molecule has 0 heterocycles. The number of ether oxygens (including phenoxy) is 1. The van der Waals surface area contributed by atoms with E-state index < -0.39 is 54.4 Å². The van der Waals surface area contributed by atoms with Gasteiger partial charge in [0.15, 0.2) is 0 Å². The topological polar surface area (TPSA) is 116 Å². The van der Waals surface area contributed by atoms with Crippen molar-refractivity contribution in [3.63, 3.8) is 0 Å². The van der Waals surface area contributed by atoms with Crippen LogP contribution in [-0.2, 0) is 14.8 Å². The number of rotatable bonds is 5. The molecule has 2 aromatic carbocycles. The van der Waals surface area contributed by atoms with Gasteiger partial charge in [-0.2, -0.15) is 0 Å². The Morgan fingerprint density at radius 3 is 2.42 bits per heavy atom. The number of nitrogens with zero attached hydrogens (tertiary/aromatic N) is 1. The molecule has 138 valence electrons. The fraction of sp³-hybridized carbons (Fsp3) is 0.133. The van der Waals surface area contributed by atoms with E-state index in [2.05, 4.69) is 4.74 Å². The average molecular weight is 386 g/mol. The summed E-state index contributed by atoms with van der Waals surface area (Å²) >= 11 is 0. The van der Waals surface area contributed by atoms with Gasteiger partial charge < -0.3 is 4.74 Å². The van der Waals surface area contributed by atoms with Crippen LogP contribution in [0, 0.1) is 28.7 Å². The van der Waals surface area contributed by atoms with Crippen molar-refractivity contribution in [2.24, 2.45) is 0 Å². The van der Waals surface area contributed by atoms with Gasteiger partial charge in [0, 0.05) is 17.7 Å². The lowest BCUT2D eigenvalue weighted by atomic mass is 10.2. The lowest BCUT2D eigenvalue weighted by molar-refractivity contribution is -0.385. The number of halogens is 2. The van der Waals surface area contributed by atoms with Crippen molar-refractivity contribution in [3.8, 4) is 0 Å². The van der Waals surface area contributed by atoms with Crippen LogP contribution >= 0.6 is 0 Å². The predicted octanol–water partition coefficient (Wildman–Crippen LogP) is 2.77. The number of esters is 1. The van der Waals surface area contributed by atoms with Crippen LogP contribution < -0.4 is 4.72 Å². The van der Waals surface area contributed by atoms with Crippen molar-refractivity contribution in [1.82, 2.24) is 0 Å². The third kappa shape index (κ3) is 3.77. The molecule has 0 bridgehead atoms. The highest BCUT2D eigenvalue weighted by Gasteiger charge is 2.23. The summed E-state index contributed by atoms with van der Waals surface area (Å²) in [5, 5.41) is 10.9. The van der Waals surface area contributed by atoms with E-state index in [1.807, 2.05) is 4.72 Å². The van der Waals surface area contributed by atoms with Crippen molar-refractivity contribution in [1.29, 1.82) is 0 Å². The molecule has 0 aliphatic carbocycles. The van der Waals surface area contributed by atoms with Gasteiger partial charge in [-0.3, -0.25) is 14.8 Å². The Morgan fingerprint density at radius 2 is 1.85 bits per heavy atom. The minimum Gasteiger partial charge on any atom is -0.465 e. The summed E-state index contributed by atoms with van der Waals surface area (Å²) in [6.07, 6.45) is 0. The molecule has 0 fully saturated rings. The van der Waals surface area contributed by atoms with Crippen molar-refractivity contribution >= 4 is 27.4 Å². The first-order valence-electron chi connectivity index (χ1n) is 6.92. The van der Waals surface area contributed by atoms with E-state index in [1.165, 1.54) is 13.0 Å². The van der Waals surface area contributed by atoms with Crippen LogP contribution in [0.3, 0.4) is 0 Å². The number of nitro groups is 1. The molecular formula is C15H12F2N2O6S. The summed E-state index contributed by atoms with van der Waals surface area (Å²) < 4.78 is 58.4. The first kappa shape index (κ1) is 19.2. The van der Waals surface area contributed by atoms with Gasteiger partial charge in [0.2, 0.25) is 0 Å². The summed E-state index contributed by atoms with van der Waals surface area (Å²) in [6, 6.07) is 4.07. The number of nitro benzene ring substituents is 1. The van der Waals surface area contributed by atoms with Crippen molar-refractivity contribution < 1.29 is 31.7 Å². The van der Waals surface area contributed by atoms with E-state index in [1.54, 1.807) is 0 Å². The average Bonchev–Trinajstić information content (AvgIpc) is 2.56. The molecule has 0 radical (unpaired) electrons. The number of benzene rings is 2. The molecule has 0 spiro atoms. The second-order valence-corrected chi connectivity index (χ2v) is 6.80. The highest BCUT2D eigenvalue weighted by Crippen LogP contribution is 2.26. The smallest absolute Gasteiger partial charge is 0.340 e. The van der Waals surface area contributed by atoms with Crippen molar-refractivity contribution in [2.45, 2.75) is 11.8 Å². The molecule has 0 aromatic heterocycles. The normalized spacial score (nSPS) is 11.1. The Kier molecular flexibility index (Phi) is 5.21. The van der Waals surface area contributed by atoms with Crippen molar-refractivity contribution in [3.05, 3.63) is 63.2 Å².